The number of carbonyl (C=O) groups excluding carboxylic acids is 2. The third-order valence-corrected chi connectivity index (χ3v) is 6.76. The van der Waals surface area contributed by atoms with Gasteiger partial charge in [0.2, 0.25) is 11.8 Å². The van der Waals surface area contributed by atoms with Gasteiger partial charge in [0.1, 0.15) is 5.82 Å². The minimum absolute atomic E-state index is 0.252. The van der Waals surface area contributed by atoms with Gasteiger partial charge in [-0.05, 0) is 37.0 Å². The number of aromatic nitrogens is 1. The van der Waals surface area contributed by atoms with Gasteiger partial charge in [-0.25, -0.2) is 4.98 Å². The van der Waals surface area contributed by atoms with Crippen LogP contribution in [0.2, 0.25) is 0 Å². The van der Waals surface area contributed by atoms with E-state index in [4.69, 9.17) is 10.7 Å². The molecule has 3 aromatic rings. The SMILES string of the molecule is NC(=O)c1cc(N2CCC3(CCN(CCc4ccccc4)C3=O)C2)nc2ccccc12. The zero-order chi connectivity index (χ0) is 21.4. The van der Waals surface area contributed by atoms with E-state index in [1.54, 1.807) is 6.07 Å². The summed E-state index contributed by atoms with van der Waals surface area (Å²) in [5.41, 5.74) is 7.76. The molecular formula is C25H26N4O2. The molecule has 2 fully saturated rings. The number of para-hydroxylation sites is 1. The Kier molecular flexibility index (Phi) is 4.85. The Morgan fingerprint density at radius 2 is 1.77 bits per heavy atom. The molecule has 6 nitrogen and oxygen atoms in total. The maximum Gasteiger partial charge on any atom is 0.249 e. The van der Waals surface area contributed by atoms with Crippen molar-refractivity contribution >= 4 is 28.5 Å². The Balaban J connectivity index is 1.34. The highest BCUT2D eigenvalue weighted by Gasteiger charge is 2.50. The summed E-state index contributed by atoms with van der Waals surface area (Å²) < 4.78 is 0. The van der Waals surface area contributed by atoms with Crippen molar-refractivity contribution in [3.63, 3.8) is 0 Å². The molecule has 3 heterocycles. The van der Waals surface area contributed by atoms with Gasteiger partial charge in [-0.3, -0.25) is 9.59 Å². The van der Waals surface area contributed by atoms with Crippen LogP contribution in [0.4, 0.5) is 5.82 Å². The molecule has 2 saturated heterocycles. The van der Waals surface area contributed by atoms with Gasteiger partial charge in [0.25, 0.3) is 0 Å². The molecule has 2 aliphatic rings. The molecule has 2 N–H and O–H groups in total. The molecule has 2 amide bonds. The van der Waals surface area contributed by atoms with Crippen molar-refractivity contribution in [2.24, 2.45) is 11.1 Å². The van der Waals surface area contributed by atoms with E-state index in [2.05, 4.69) is 17.0 Å². The average molecular weight is 415 g/mol. The number of amides is 2. The lowest BCUT2D eigenvalue weighted by atomic mass is 9.85. The Morgan fingerprint density at radius 3 is 2.58 bits per heavy atom. The summed E-state index contributed by atoms with van der Waals surface area (Å²) in [5, 5.41) is 0.761. The predicted molar refractivity (Wildman–Crippen MR) is 121 cm³/mol. The molecule has 2 aliphatic heterocycles. The normalized spacial score (nSPS) is 20.8. The van der Waals surface area contributed by atoms with Gasteiger partial charge in [-0.1, -0.05) is 48.5 Å². The standard InChI is InChI=1S/C25H26N4O2/c26-23(30)20-16-22(27-21-9-5-4-8-19(20)21)29-15-12-25(17-29)11-14-28(24(25)31)13-10-18-6-2-1-3-7-18/h1-9,16H,10-15,17H2,(H2,26,30). The highest BCUT2D eigenvalue weighted by atomic mass is 16.2. The van der Waals surface area contributed by atoms with Gasteiger partial charge in [-0.2, -0.15) is 0 Å². The van der Waals surface area contributed by atoms with Gasteiger partial charge in [0.05, 0.1) is 16.5 Å². The summed E-state index contributed by atoms with van der Waals surface area (Å²) >= 11 is 0. The topological polar surface area (TPSA) is 79.5 Å². The summed E-state index contributed by atoms with van der Waals surface area (Å²) in [6.45, 7) is 2.95. The zero-order valence-corrected chi connectivity index (χ0v) is 17.5. The van der Waals surface area contributed by atoms with Crippen LogP contribution in [0.3, 0.4) is 0 Å². The Bertz CT molecular complexity index is 1150. The highest BCUT2D eigenvalue weighted by molar-refractivity contribution is 6.06. The summed E-state index contributed by atoms with van der Waals surface area (Å²) in [5.74, 6) is 0.513. The van der Waals surface area contributed by atoms with Crippen LogP contribution < -0.4 is 10.6 Å². The maximum absolute atomic E-state index is 13.3. The van der Waals surface area contributed by atoms with E-state index in [1.165, 1.54) is 5.56 Å². The van der Waals surface area contributed by atoms with E-state index in [9.17, 15) is 9.59 Å². The van der Waals surface area contributed by atoms with Crippen LogP contribution in [0.15, 0.2) is 60.7 Å². The number of hydrogen-bond donors (Lipinski definition) is 1. The lowest BCUT2D eigenvalue weighted by Gasteiger charge is -2.24. The van der Waals surface area contributed by atoms with Crippen LogP contribution in [0.5, 0.6) is 0 Å². The Labute approximate surface area is 181 Å². The van der Waals surface area contributed by atoms with Crippen LogP contribution in [-0.4, -0.2) is 47.9 Å². The molecule has 1 unspecified atom stereocenters. The molecule has 31 heavy (non-hydrogen) atoms. The second-order valence-corrected chi connectivity index (χ2v) is 8.64. The fourth-order valence-corrected chi connectivity index (χ4v) is 4.99. The van der Waals surface area contributed by atoms with Crippen LogP contribution in [-0.2, 0) is 11.2 Å². The fourth-order valence-electron chi connectivity index (χ4n) is 4.99. The summed E-state index contributed by atoms with van der Waals surface area (Å²) in [7, 11) is 0. The molecule has 158 valence electrons. The van der Waals surface area contributed by atoms with Gasteiger partial charge in [0.15, 0.2) is 0 Å². The largest absolute Gasteiger partial charge is 0.366 e. The zero-order valence-electron chi connectivity index (χ0n) is 17.5. The van der Waals surface area contributed by atoms with Gasteiger partial charge >= 0.3 is 0 Å². The van der Waals surface area contributed by atoms with E-state index in [-0.39, 0.29) is 11.3 Å². The average Bonchev–Trinajstić information content (AvgIpc) is 3.36. The molecule has 0 aliphatic carbocycles. The van der Waals surface area contributed by atoms with Crippen LogP contribution in [0.1, 0.15) is 28.8 Å². The second kappa shape index (κ2) is 7.69. The molecular weight excluding hydrogens is 388 g/mol. The minimum Gasteiger partial charge on any atom is -0.366 e. The van der Waals surface area contributed by atoms with Gasteiger partial charge < -0.3 is 15.5 Å². The Morgan fingerprint density at radius 1 is 1.03 bits per heavy atom. The number of pyridine rings is 1. The van der Waals surface area contributed by atoms with Crippen LogP contribution in [0, 0.1) is 5.41 Å². The summed E-state index contributed by atoms with van der Waals surface area (Å²) in [6, 6.07) is 19.6. The molecule has 0 radical (unpaired) electrons. The van der Waals surface area contributed by atoms with E-state index >= 15 is 0 Å². The van der Waals surface area contributed by atoms with Crippen molar-refractivity contribution in [3.05, 3.63) is 71.8 Å². The summed E-state index contributed by atoms with van der Waals surface area (Å²) in [6.07, 6.45) is 2.56. The monoisotopic (exact) mass is 414 g/mol. The smallest absolute Gasteiger partial charge is 0.249 e. The molecule has 1 atom stereocenters. The molecule has 6 heteroatoms. The third kappa shape index (κ3) is 3.52. The quantitative estimate of drug-likeness (QED) is 0.696. The first kappa shape index (κ1) is 19.5. The number of benzene rings is 2. The second-order valence-electron chi connectivity index (χ2n) is 8.64. The van der Waals surface area contributed by atoms with Crippen molar-refractivity contribution in [1.29, 1.82) is 0 Å². The fraction of sp³-hybridized carbons (Fsp3) is 0.320. The summed E-state index contributed by atoms with van der Waals surface area (Å²) in [4.78, 5) is 34.3. The van der Waals surface area contributed by atoms with Gasteiger partial charge in [0, 0.05) is 31.6 Å². The molecule has 2 aromatic carbocycles. The van der Waals surface area contributed by atoms with Crippen molar-refractivity contribution in [1.82, 2.24) is 9.88 Å². The van der Waals surface area contributed by atoms with Crippen molar-refractivity contribution in [2.45, 2.75) is 19.3 Å². The lowest BCUT2D eigenvalue weighted by Crippen LogP contribution is -2.38. The maximum atomic E-state index is 13.3. The van der Waals surface area contributed by atoms with Gasteiger partial charge in [-0.15, -0.1) is 0 Å². The minimum atomic E-state index is -0.460. The Hall–Kier alpha value is -3.41. The van der Waals surface area contributed by atoms with E-state index in [0.717, 1.165) is 55.6 Å². The van der Waals surface area contributed by atoms with Crippen molar-refractivity contribution < 1.29 is 9.59 Å². The first-order chi connectivity index (χ1) is 15.1. The molecule has 5 rings (SSSR count). The highest BCUT2D eigenvalue weighted by Crippen LogP contribution is 2.42. The number of primary amides is 1. The number of likely N-dealkylation sites (tertiary alicyclic amines) is 1. The molecule has 1 aromatic heterocycles. The van der Waals surface area contributed by atoms with Crippen LogP contribution >= 0.6 is 0 Å². The number of rotatable bonds is 5. The molecule has 0 saturated carbocycles. The van der Waals surface area contributed by atoms with Crippen molar-refractivity contribution in [3.8, 4) is 0 Å². The number of hydrogen-bond acceptors (Lipinski definition) is 4. The first-order valence-electron chi connectivity index (χ1n) is 10.8. The van der Waals surface area contributed by atoms with E-state index in [0.29, 0.717) is 12.1 Å². The number of fused-ring (bicyclic) bond motifs is 1. The molecule has 0 bridgehead atoms. The lowest BCUT2D eigenvalue weighted by molar-refractivity contribution is -0.135. The third-order valence-electron chi connectivity index (χ3n) is 6.76. The first-order valence-corrected chi connectivity index (χ1v) is 10.8. The number of nitrogens with two attached hydrogens (primary N) is 1. The van der Waals surface area contributed by atoms with E-state index in [1.807, 2.05) is 47.4 Å². The molecule has 1 spiro atoms. The number of nitrogens with zero attached hydrogens (tertiary/aromatic N) is 3. The van der Waals surface area contributed by atoms with E-state index < -0.39 is 5.91 Å². The number of anilines is 1. The predicted octanol–water partition coefficient (Wildman–Crippen LogP) is 3.01. The number of carbonyl (C=O) groups is 2. The van der Waals surface area contributed by atoms with Crippen molar-refractivity contribution in [2.75, 3.05) is 31.1 Å². The van der Waals surface area contributed by atoms with Crippen LogP contribution in [0.25, 0.3) is 10.9 Å².